The Kier molecular flexibility index (Phi) is 5.59. The first-order valence-corrected chi connectivity index (χ1v) is 8.55. The molecule has 0 aliphatic heterocycles. The van der Waals surface area contributed by atoms with Crippen LogP contribution in [0.2, 0.25) is 0 Å². The highest BCUT2D eigenvalue weighted by molar-refractivity contribution is 5.68. The molecular weight excluding hydrogens is 373 g/mol. The van der Waals surface area contributed by atoms with Crippen molar-refractivity contribution in [3.05, 3.63) is 47.9 Å². The van der Waals surface area contributed by atoms with Crippen LogP contribution in [0.15, 0.2) is 36.7 Å². The summed E-state index contributed by atoms with van der Waals surface area (Å²) < 4.78 is 40.1. The Labute approximate surface area is 159 Å². The Balaban J connectivity index is 1.84. The molecule has 2 N–H and O–H groups in total. The molecule has 28 heavy (non-hydrogen) atoms. The number of aryl methyl sites for hydroxylation is 1. The van der Waals surface area contributed by atoms with E-state index in [1.54, 1.807) is 23.0 Å². The molecule has 2 aromatic heterocycles. The highest BCUT2D eigenvalue weighted by Gasteiger charge is 2.32. The Bertz CT molecular complexity index is 956. The van der Waals surface area contributed by atoms with E-state index in [9.17, 15) is 13.2 Å². The Morgan fingerprint density at radius 3 is 2.75 bits per heavy atom. The lowest BCUT2D eigenvalue weighted by Crippen LogP contribution is -2.11. The van der Waals surface area contributed by atoms with Gasteiger partial charge in [-0.2, -0.15) is 13.2 Å². The minimum Gasteiger partial charge on any atom is -0.396 e. The van der Waals surface area contributed by atoms with Gasteiger partial charge in [-0.1, -0.05) is 12.1 Å². The van der Waals surface area contributed by atoms with Crippen molar-refractivity contribution in [2.45, 2.75) is 26.6 Å². The third kappa shape index (κ3) is 4.83. The number of hydrogen-bond acceptors (Lipinski definition) is 6. The molecule has 0 fully saturated rings. The number of aromatic nitrogens is 5. The molecule has 0 radical (unpaired) electrons. The van der Waals surface area contributed by atoms with E-state index in [0.717, 1.165) is 23.4 Å². The number of alkyl halides is 3. The van der Waals surface area contributed by atoms with Crippen LogP contribution in [-0.2, 0) is 12.7 Å². The van der Waals surface area contributed by atoms with Gasteiger partial charge in [0.25, 0.3) is 0 Å². The summed E-state index contributed by atoms with van der Waals surface area (Å²) in [5.74, 6) is -0.103. The molecule has 2 heterocycles. The number of hydrogen-bond donors (Lipinski definition) is 2. The van der Waals surface area contributed by atoms with E-state index in [1.807, 2.05) is 19.9 Å². The molecule has 7 nitrogen and oxygen atoms in total. The van der Waals surface area contributed by atoms with Crippen molar-refractivity contribution in [1.29, 1.82) is 0 Å². The molecule has 0 saturated heterocycles. The highest BCUT2D eigenvalue weighted by Crippen LogP contribution is 2.29. The van der Waals surface area contributed by atoms with Gasteiger partial charge in [-0.05, 0) is 42.7 Å². The van der Waals surface area contributed by atoms with Gasteiger partial charge in [-0.15, -0.1) is 5.10 Å². The Morgan fingerprint density at radius 1 is 1.25 bits per heavy atom. The molecular formula is C18H19F3N6O. The quantitative estimate of drug-likeness (QED) is 0.668. The minimum absolute atomic E-state index is 0.0438. The summed E-state index contributed by atoms with van der Waals surface area (Å²) in [4.78, 5) is 7.36. The van der Waals surface area contributed by atoms with Crippen LogP contribution < -0.4 is 5.32 Å². The van der Waals surface area contributed by atoms with Crippen LogP contribution in [0.25, 0.3) is 11.3 Å². The number of aliphatic hydroxyl groups is 1. The van der Waals surface area contributed by atoms with Crippen LogP contribution >= 0.6 is 0 Å². The van der Waals surface area contributed by atoms with E-state index in [1.165, 1.54) is 0 Å². The van der Waals surface area contributed by atoms with Crippen molar-refractivity contribution in [2.75, 3.05) is 11.9 Å². The van der Waals surface area contributed by atoms with Crippen LogP contribution in [0.3, 0.4) is 0 Å². The second-order valence-corrected chi connectivity index (χ2v) is 6.59. The number of aliphatic hydroxyl groups excluding tert-OH is 1. The van der Waals surface area contributed by atoms with Crippen molar-refractivity contribution in [3.8, 4) is 11.3 Å². The fraction of sp³-hybridized carbons (Fsp3) is 0.333. The highest BCUT2D eigenvalue weighted by atomic mass is 19.4. The lowest BCUT2D eigenvalue weighted by molar-refractivity contribution is -0.141. The average molecular weight is 392 g/mol. The molecule has 3 rings (SSSR count). The maximum Gasteiger partial charge on any atom is 0.433 e. The second kappa shape index (κ2) is 7.93. The molecule has 0 aliphatic rings. The standard InChI is InChI=1S/C18H19F3N6O/c1-11-5-13(15-9-27(26-25-15)8-12(2)10-28)7-14(6-11)23-17-22-4-3-16(24-17)18(19,20)21/h3-7,9,12,28H,8,10H2,1-2H3,(H,22,23,24)/t12-/m1/s1. The number of nitrogens with one attached hydrogen (secondary N) is 1. The van der Waals surface area contributed by atoms with E-state index in [2.05, 4.69) is 25.6 Å². The van der Waals surface area contributed by atoms with E-state index >= 15 is 0 Å². The third-order valence-corrected chi connectivity index (χ3v) is 3.92. The van der Waals surface area contributed by atoms with Crippen molar-refractivity contribution >= 4 is 11.6 Å². The Hall–Kier alpha value is -3.01. The first-order chi connectivity index (χ1) is 13.2. The van der Waals surface area contributed by atoms with Gasteiger partial charge in [0, 0.05) is 30.6 Å². The van der Waals surface area contributed by atoms with Gasteiger partial charge in [0.15, 0.2) is 0 Å². The predicted molar refractivity (Wildman–Crippen MR) is 96.8 cm³/mol. The maximum atomic E-state index is 12.8. The first kappa shape index (κ1) is 19.7. The summed E-state index contributed by atoms with van der Waals surface area (Å²) in [5.41, 5.74) is 1.76. The molecule has 0 unspecified atom stereocenters. The molecule has 1 aromatic carbocycles. The van der Waals surface area contributed by atoms with Gasteiger partial charge in [-0.25, -0.2) is 9.97 Å². The normalized spacial score (nSPS) is 12.8. The lowest BCUT2D eigenvalue weighted by Gasteiger charge is -2.10. The van der Waals surface area contributed by atoms with Gasteiger partial charge in [0.2, 0.25) is 5.95 Å². The number of anilines is 2. The zero-order valence-corrected chi connectivity index (χ0v) is 15.3. The largest absolute Gasteiger partial charge is 0.433 e. The summed E-state index contributed by atoms with van der Waals surface area (Å²) >= 11 is 0. The fourth-order valence-corrected chi connectivity index (χ4v) is 2.61. The summed E-state index contributed by atoms with van der Waals surface area (Å²) in [7, 11) is 0. The number of benzene rings is 1. The first-order valence-electron chi connectivity index (χ1n) is 8.55. The zero-order chi connectivity index (χ0) is 20.3. The maximum absolute atomic E-state index is 12.8. The summed E-state index contributed by atoms with van der Waals surface area (Å²) in [6.45, 7) is 4.33. The molecule has 0 amide bonds. The van der Waals surface area contributed by atoms with Crippen molar-refractivity contribution in [3.63, 3.8) is 0 Å². The van der Waals surface area contributed by atoms with E-state index in [-0.39, 0.29) is 18.5 Å². The molecule has 3 aromatic rings. The van der Waals surface area contributed by atoms with Crippen molar-refractivity contribution in [1.82, 2.24) is 25.0 Å². The molecule has 0 spiro atoms. The fourth-order valence-electron chi connectivity index (χ4n) is 2.61. The van der Waals surface area contributed by atoms with Crippen LogP contribution in [0, 0.1) is 12.8 Å². The molecule has 1 atom stereocenters. The lowest BCUT2D eigenvalue weighted by atomic mass is 10.1. The summed E-state index contributed by atoms with van der Waals surface area (Å²) in [6.07, 6.45) is -1.73. The molecule has 10 heteroatoms. The third-order valence-electron chi connectivity index (χ3n) is 3.92. The van der Waals surface area contributed by atoms with Gasteiger partial charge >= 0.3 is 6.18 Å². The van der Waals surface area contributed by atoms with Crippen LogP contribution in [0.1, 0.15) is 18.2 Å². The second-order valence-electron chi connectivity index (χ2n) is 6.59. The number of nitrogens with zero attached hydrogens (tertiary/aromatic N) is 5. The van der Waals surface area contributed by atoms with Crippen LogP contribution in [0.5, 0.6) is 0 Å². The average Bonchev–Trinajstić information content (AvgIpc) is 3.09. The van der Waals surface area contributed by atoms with Gasteiger partial charge < -0.3 is 10.4 Å². The topological polar surface area (TPSA) is 88.8 Å². The van der Waals surface area contributed by atoms with Gasteiger partial charge in [-0.3, -0.25) is 4.68 Å². The van der Waals surface area contributed by atoms with E-state index in [0.29, 0.717) is 17.9 Å². The summed E-state index contributed by atoms with van der Waals surface area (Å²) in [5, 5.41) is 20.1. The van der Waals surface area contributed by atoms with Gasteiger partial charge in [0.05, 0.1) is 6.20 Å². The monoisotopic (exact) mass is 392 g/mol. The summed E-state index contributed by atoms with van der Waals surface area (Å²) in [6, 6.07) is 6.21. The van der Waals surface area contributed by atoms with E-state index in [4.69, 9.17) is 5.11 Å². The molecule has 0 bridgehead atoms. The predicted octanol–water partition coefficient (Wildman–Crippen LogP) is 3.43. The Morgan fingerprint density at radius 2 is 2.04 bits per heavy atom. The van der Waals surface area contributed by atoms with Crippen molar-refractivity contribution in [2.24, 2.45) is 5.92 Å². The number of halogens is 3. The molecule has 0 saturated carbocycles. The molecule has 0 aliphatic carbocycles. The van der Waals surface area contributed by atoms with Crippen LogP contribution in [-0.4, -0.2) is 36.7 Å². The van der Waals surface area contributed by atoms with E-state index < -0.39 is 11.9 Å². The SMILES string of the molecule is Cc1cc(Nc2nccc(C(F)(F)F)n2)cc(-c2cn(C[C@@H](C)CO)nn2)c1. The zero-order valence-electron chi connectivity index (χ0n) is 15.3. The van der Waals surface area contributed by atoms with Crippen LogP contribution in [0.4, 0.5) is 24.8 Å². The van der Waals surface area contributed by atoms with Gasteiger partial charge in [0.1, 0.15) is 11.4 Å². The minimum atomic E-state index is -4.54. The smallest absolute Gasteiger partial charge is 0.396 e. The molecule has 148 valence electrons. The number of rotatable bonds is 6. The van der Waals surface area contributed by atoms with Crippen molar-refractivity contribution < 1.29 is 18.3 Å².